The number of rotatable bonds is 7. The second-order valence-electron chi connectivity index (χ2n) is 8.27. The van der Waals surface area contributed by atoms with Crippen molar-refractivity contribution in [2.75, 3.05) is 23.4 Å². The first kappa shape index (κ1) is 23.0. The lowest BCUT2D eigenvalue weighted by Gasteiger charge is -2.17. The van der Waals surface area contributed by atoms with E-state index < -0.39 is 24.4 Å². The number of anilines is 2. The number of para-hydroxylation sites is 1. The van der Waals surface area contributed by atoms with Crippen molar-refractivity contribution in [1.29, 1.82) is 0 Å². The van der Waals surface area contributed by atoms with Gasteiger partial charge in [-0.3, -0.25) is 14.4 Å². The van der Waals surface area contributed by atoms with Gasteiger partial charge in [0.25, 0.3) is 5.91 Å². The molecule has 2 amide bonds. The minimum absolute atomic E-state index is 0.0417. The van der Waals surface area contributed by atoms with Gasteiger partial charge in [-0.15, -0.1) is 0 Å². The van der Waals surface area contributed by atoms with Crippen LogP contribution in [0.5, 0.6) is 11.5 Å². The zero-order chi connectivity index (χ0) is 24.1. The molecule has 0 radical (unpaired) electrons. The van der Waals surface area contributed by atoms with E-state index in [0.29, 0.717) is 17.1 Å². The lowest BCUT2D eigenvalue weighted by molar-refractivity contribution is -0.151. The fraction of sp³-hybridized carbons (Fsp3) is 0.222. The van der Waals surface area contributed by atoms with Crippen molar-refractivity contribution in [3.63, 3.8) is 0 Å². The predicted octanol–water partition coefficient (Wildman–Crippen LogP) is 4.63. The number of amides is 2. The van der Waals surface area contributed by atoms with Gasteiger partial charge in [-0.05, 0) is 73.5 Å². The number of nitrogens with one attached hydrogen (secondary N) is 1. The second kappa shape index (κ2) is 10.2. The van der Waals surface area contributed by atoms with Crippen molar-refractivity contribution in [1.82, 2.24) is 0 Å². The average molecular weight is 459 g/mol. The summed E-state index contributed by atoms with van der Waals surface area (Å²) in [5.41, 5.74) is 3.64. The minimum atomic E-state index is -0.622. The van der Waals surface area contributed by atoms with Crippen LogP contribution in [0.2, 0.25) is 0 Å². The second-order valence-corrected chi connectivity index (χ2v) is 8.27. The van der Waals surface area contributed by atoms with E-state index in [9.17, 15) is 14.4 Å². The van der Waals surface area contributed by atoms with E-state index in [2.05, 4.69) is 5.32 Å². The zero-order valence-electron chi connectivity index (χ0n) is 19.1. The van der Waals surface area contributed by atoms with Crippen LogP contribution in [-0.4, -0.2) is 30.9 Å². The molecule has 7 heteroatoms. The van der Waals surface area contributed by atoms with Gasteiger partial charge in [0.05, 0.1) is 5.92 Å². The Kier molecular flexibility index (Phi) is 6.92. The molecule has 0 unspecified atom stereocenters. The molecule has 0 spiro atoms. The molecule has 1 atom stereocenters. The summed E-state index contributed by atoms with van der Waals surface area (Å²) in [6, 6.07) is 22.0. The highest BCUT2D eigenvalue weighted by molar-refractivity contribution is 6.00. The van der Waals surface area contributed by atoms with Gasteiger partial charge in [-0.2, -0.15) is 0 Å². The Labute approximate surface area is 198 Å². The molecule has 1 aliphatic rings. The largest absolute Gasteiger partial charge is 0.457 e. The molecule has 0 bridgehead atoms. The average Bonchev–Trinajstić information content (AvgIpc) is 3.23. The molecule has 3 aromatic carbocycles. The number of nitrogens with zero attached hydrogens (tertiary/aromatic N) is 1. The molecule has 174 valence electrons. The van der Waals surface area contributed by atoms with Gasteiger partial charge in [0.15, 0.2) is 6.61 Å². The highest BCUT2D eigenvalue weighted by Gasteiger charge is 2.36. The van der Waals surface area contributed by atoms with E-state index >= 15 is 0 Å². The van der Waals surface area contributed by atoms with Crippen LogP contribution in [0.4, 0.5) is 11.4 Å². The summed E-state index contributed by atoms with van der Waals surface area (Å²) >= 11 is 0. The monoisotopic (exact) mass is 458 g/mol. The first-order valence-corrected chi connectivity index (χ1v) is 11.1. The van der Waals surface area contributed by atoms with Gasteiger partial charge in [-0.1, -0.05) is 24.3 Å². The van der Waals surface area contributed by atoms with E-state index in [0.717, 1.165) is 11.3 Å². The molecule has 7 nitrogen and oxygen atoms in total. The van der Waals surface area contributed by atoms with E-state index in [4.69, 9.17) is 9.47 Å². The topological polar surface area (TPSA) is 84.9 Å². The van der Waals surface area contributed by atoms with Crippen LogP contribution in [0.3, 0.4) is 0 Å². The zero-order valence-corrected chi connectivity index (χ0v) is 19.1. The normalized spacial score (nSPS) is 15.2. The summed E-state index contributed by atoms with van der Waals surface area (Å²) in [5, 5.41) is 2.65. The minimum Gasteiger partial charge on any atom is -0.457 e. The number of hydrogen-bond donors (Lipinski definition) is 1. The van der Waals surface area contributed by atoms with Crippen molar-refractivity contribution in [2.45, 2.75) is 20.3 Å². The molecule has 1 N–H and O–H groups in total. The summed E-state index contributed by atoms with van der Waals surface area (Å²) in [7, 11) is 0. The Bertz CT molecular complexity index is 1190. The number of carbonyl (C=O) groups is 3. The lowest BCUT2D eigenvalue weighted by atomic mass is 10.1. The van der Waals surface area contributed by atoms with Crippen molar-refractivity contribution >= 4 is 29.2 Å². The number of benzene rings is 3. The summed E-state index contributed by atoms with van der Waals surface area (Å²) in [6.45, 7) is 3.88. The van der Waals surface area contributed by atoms with Crippen LogP contribution in [0, 0.1) is 19.8 Å². The molecule has 0 aliphatic carbocycles. The van der Waals surface area contributed by atoms with Crippen LogP contribution in [0.1, 0.15) is 17.5 Å². The molecule has 1 saturated heterocycles. The number of hydrogen-bond acceptors (Lipinski definition) is 5. The Hall–Kier alpha value is -4.13. The molecule has 3 aromatic rings. The van der Waals surface area contributed by atoms with Crippen molar-refractivity contribution in [3.05, 3.63) is 83.9 Å². The number of carbonyl (C=O) groups excluding carboxylic acids is 3. The highest BCUT2D eigenvalue weighted by Crippen LogP contribution is 2.29. The Morgan fingerprint density at radius 1 is 0.941 bits per heavy atom. The quantitative estimate of drug-likeness (QED) is 0.522. The third kappa shape index (κ3) is 5.61. The standard InChI is InChI=1S/C27H26N2O5/c1-18-8-11-24(14-19(18)2)34-23-12-9-22(10-13-23)29-16-20(15-26(29)31)27(32)33-17-25(30)28-21-6-4-3-5-7-21/h3-14,20H,15-17H2,1-2H3,(H,28,30)/t20-/m1/s1. The van der Waals surface area contributed by atoms with Gasteiger partial charge in [0.2, 0.25) is 5.91 Å². The molecule has 1 aliphatic heterocycles. The number of aryl methyl sites for hydroxylation is 2. The maximum absolute atomic E-state index is 12.5. The smallest absolute Gasteiger partial charge is 0.311 e. The van der Waals surface area contributed by atoms with Gasteiger partial charge >= 0.3 is 5.97 Å². The molecule has 4 rings (SSSR count). The Balaban J connectivity index is 1.30. The van der Waals surface area contributed by atoms with Crippen LogP contribution in [0.15, 0.2) is 72.8 Å². The maximum atomic E-state index is 12.5. The van der Waals surface area contributed by atoms with Gasteiger partial charge in [-0.25, -0.2) is 0 Å². The van der Waals surface area contributed by atoms with Crippen molar-refractivity contribution in [3.8, 4) is 11.5 Å². The fourth-order valence-corrected chi connectivity index (χ4v) is 3.70. The van der Waals surface area contributed by atoms with E-state index in [1.165, 1.54) is 5.56 Å². The van der Waals surface area contributed by atoms with Crippen LogP contribution in [0.25, 0.3) is 0 Å². The molecule has 0 aromatic heterocycles. The molecule has 34 heavy (non-hydrogen) atoms. The van der Waals surface area contributed by atoms with Gasteiger partial charge in [0.1, 0.15) is 11.5 Å². The predicted molar refractivity (Wildman–Crippen MR) is 129 cm³/mol. The molecular formula is C27H26N2O5. The Morgan fingerprint density at radius 2 is 1.65 bits per heavy atom. The van der Waals surface area contributed by atoms with Gasteiger partial charge < -0.3 is 19.7 Å². The first-order chi connectivity index (χ1) is 16.4. The molecule has 0 saturated carbocycles. The van der Waals surface area contributed by atoms with E-state index in [1.54, 1.807) is 53.4 Å². The van der Waals surface area contributed by atoms with Crippen molar-refractivity contribution in [2.24, 2.45) is 5.92 Å². The summed E-state index contributed by atoms with van der Waals surface area (Å²) < 4.78 is 11.0. The number of ether oxygens (including phenoxy) is 2. The fourth-order valence-electron chi connectivity index (χ4n) is 3.70. The van der Waals surface area contributed by atoms with E-state index in [-0.39, 0.29) is 18.9 Å². The number of esters is 1. The molecule has 1 fully saturated rings. The van der Waals surface area contributed by atoms with Gasteiger partial charge in [0, 0.05) is 24.3 Å². The van der Waals surface area contributed by atoms with E-state index in [1.807, 2.05) is 38.1 Å². The SMILES string of the molecule is Cc1ccc(Oc2ccc(N3C[C@H](C(=O)OCC(=O)Nc4ccccc4)CC3=O)cc2)cc1C. The first-order valence-electron chi connectivity index (χ1n) is 11.1. The van der Waals surface area contributed by atoms with Crippen LogP contribution >= 0.6 is 0 Å². The maximum Gasteiger partial charge on any atom is 0.311 e. The molecular weight excluding hydrogens is 432 g/mol. The Morgan fingerprint density at radius 3 is 2.35 bits per heavy atom. The lowest BCUT2D eigenvalue weighted by Crippen LogP contribution is -2.28. The highest BCUT2D eigenvalue weighted by atomic mass is 16.5. The third-order valence-electron chi connectivity index (χ3n) is 5.72. The molecule has 1 heterocycles. The summed E-state index contributed by atoms with van der Waals surface area (Å²) in [4.78, 5) is 38.5. The summed E-state index contributed by atoms with van der Waals surface area (Å²) in [5.74, 6) is -0.387. The third-order valence-corrected chi connectivity index (χ3v) is 5.72. The van der Waals surface area contributed by atoms with Crippen LogP contribution in [-0.2, 0) is 19.1 Å². The summed E-state index contributed by atoms with van der Waals surface area (Å²) in [6.07, 6.45) is 0.0417. The van der Waals surface area contributed by atoms with Crippen molar-refractivity contribution < 1.29 is 23.9 Å². The van der Waals surface area contributed by atoms with Crippen LogP contribution < -0.4 is 15.0 Å².